The number of amides is 1. The van der Waals surface area contributed by atoms with E-state index in [2.05, 4.69) is 35.5 Å². The highest BCUT2D eigenvalue weighted by atomic mass is 32.2. The Balaban J connectivity index is 1.63. The zero-order valence-corrected chi connectivity index (χ0v) is 21.2. The van der Waals surface area contributed by atoms with Crippen LogP contribution in [0.15, 0.2) is 76.6 Å². The van der Waals surface area contributed by atoms with Crippen LogP contribution in [0.5, 0.6) is 5.75 Å². The van der Waals surface area contributed by atoms with Crippen molar-refractivity contribution in [2.75, 3.05) is 24.3 Å². The van der Waals surface area contributed by atoms with Crippen LogP contribution >= 0.6 is 11.8 Å². The molecular formula is C27H31N5O2S. The molecule has 8 heteroatoms. The van der Waals surface area contributed by atoms with Gasteiger partial charge in [-0.2, -0.15) is 0 Å². The summed E-state index contributed by atoms with van der Waals surface area (Å²) in [4.78, 5) is 21.8. The molecule has 1 aliphatic carbocycles. The third kappa shape index (κ3) is 6.54. The van der Waals surface area contributed by atoms with Crippen LogP contribution in [-0.4, -0.2) is 29.5 Å². The SMILES string of the molecule is C=C(/C=C(\NCCC)C1CC1)Nc1nc(Sc2ccc(NC(C)=O)cc2)nc2c(OC)cccc12. The van der Waals surface area contributed by atoms with Crippen LogP contribution in [0.2, 0.25) is 0 Å². The molecule has 1 heterocycles. The maximum atomic E-state index is 11.3. The number of nitrogens with one attached hydrogen (secondary N) is 3. The fraction of sp³-hybridized carbons (Fsp3) is 0.296. The van der Waals surface area contributed by atoms with Gasteiger partial charge in [0.05, 0.1) is 7.11 Å². The van der Waals surface area contributed by atoms with Crippen LogP contribution in [0.4, 0.5) is 11.5 Å². The first-order valence-corrected chi connectivity index (χ1v) is 12.6. The van der Waals surface area contributed by atoms with Gasteiger partial charge in [-0.05, 0) is 79.4 Å². The maximum absolute atomic E-state index is 11.3. The first kappa shape index (κ1) is 24.6. The van der Waals surface area contributed by atoms with Crippen molar-refractivity contribution in [1.29, 1.82) is 0 Å². The molecular weight excluding hydrogens is 458 g/mol. The number of rotatable bonds is 11. The fourth-order valence-corrected chi connectivity index (χ4v) is 4.44. The maximum Gasteiger partial charge on any atom is 0.221 e. The first-order chi connectivity index (χ1) is 17.0. The van der Waals surface area contributed by atoms with Crippen molar-refractivity contribution in [3.63, 3.8) is 0 Å². The quantitative estimate of drug-likeness (QED) is 0.226. The number of carbonyl (C=O) groups excluding carboxylic acids is 1. The van der Waals surface area contributed by atoms with Crippen LogP contribution in [0, 0.1) is 5.92 Å². The monoisotopic (exact) mass is 489 g/mol. The van der Waals surface area contributed by atoms with Crippen LogP contribution in [-0.2, 0) is 4.79 Å². The number of para-hydroxylation sites is 1. The summed E-state index contributed by atoms with van der Waals surface area (Å²) in [5.41, 5.74) is 3.48. The van der Waals surface area contributed by atoms with Crippen molar-refractivity contribution in [2.45, 2.75) is 43.2 Å². The van der Waals surface area contributed by atoms with Gasteiger partial charge in [0, 0.05) is 40.8 Å². The number of carbonyl (C=O) groups is 1. The van der Waals surface area contributed by atoms with Crippen molar-refractivity contribution >= 4 is 40.1 Å². The minimum absolute atomic E-state index is 0.102. The van der Waals surface area contributed by atoms with Crippen molar-refractivity contribution in [3.8, 4) is 5.75 Å². The minimum Gasteiger partial charge on any atom is -0.494 e. The molecule has 3 aromatic rings. The van der Waals surface area contributed by atoms with Gasteiger partial charge < -0.3 is 20.7 Å². The van der Waals surface area contributed by atoms with Gasteiger partial charge in [0.25, 0.3) is 0 Å². The third-order valence-corrected chi connectivity index (χ3v) is 6.35. The summed E-state index contributed by atoms with van der Waals surface area (Å²) in [5.74, 6) is 1.85. The molecule has 0 saturated heterocycles. The number of allylic oxidation sites excluding steroid dienone is 2. The van der Waals surface area contributed by atoms with E-state index in [1.807, 2.05) is 42.5 Å². The normalized spacial score (nSPS) is 13.4. The highest BCUT2D eigenvalue weighted by Crippen LogP contribution is 2.36. The van der Waals surface area contributed by atoms with E-state index in [4.69, 9.17) is 14.7 Å². The molecule has 4 rings (SSSR count). The Kier molecular flexibility index (Phi) is 7.92. The molecule has 0 radical (unpaired) electrons. The summed E-state index contributed by atoms with van der Waals surface area (Å²) in [6, 6.07) is 13.4. The van der Waals surface area contributed by atoms with Gasteiger partial charge in [0.2, 0.25) is 5.91 Å². The second-order valence-electron chi connectivity index (χ2n) is 8.47. The van der Waals surface area contributed by atoms with Crippen LogP contribution in [0.25, 0.3) is 10.9 Å². The Hall–Kier alpha value is -3.52. The molecule has 2 aromatic carbocycles. The standard InChI is InChI=1S/C27H31N5O2S/c1-5-15-28-23(19-9-10-19)16-17(2)29-26-22-7-6-8-24(34-4)25(22)31-27(32-26)35-21-13-11-20(12-14-21)30-18(3)33/h6-8,11-14,16,19,28H,2,5,9-10,15H2,1,3-4H3,(H,30,33)(H,29,31,32)/b23-16-. The molecule has 7 nitrogen and oxygen atoms in total. The lowest BCUT2D eigenvalue weighted by atomic mass is 10.2. The summed E-state index contributed by atoms with van der Waals surface area (Å²) in [5, 5.41) is 11.2. The van der Waals surface area contributed by atoms with Crippen molar-refractivity contribution < 1.29 is 9.53 Å². The lowest BCUT2D eigenvalue weighted by Gasteiger charge is -2.14. The molecule has 0 unspecified atom stereocenters. The molecule has 0 bridgehead atoms. The van der Waals surface area contributed by atoms with Gasteiger partial charge in [-0.25, -0.2) is 9.97 Å². The summed E-state index contributed by atoms with van der Waals surface area (Å²) >= 11 is 1.44. The molecule has 0 atom stereocenters. The Labute approximate surface area is 210 Å². The van der Waals surface area contributed by atoms with Crippen molar-refractivity contribution in [2.24, 2.45) is 5.92 Å². The molecule has 1 aliphatic rings. The van der Waals surface area contributed by atoms with E-state index >= 15 is 0 Å². The van der Waals surface area contributed by atoms with Crippen LogP contribution in [0.3, 0.4) is 0 Å². The number of aromatic nitrogens is 2. The molecule has 182 valence electrons. The predicted octanol–water partition coefficient (Wildman–Crippen LogP) is 5.97. The Morgan fingerprint density at radius 3 is 2.60 bits per heavy atom. The van der Waals surface area contributed by atoms with E-state index in [1.54, 1.807) is 7.11 Å². The molecule has 0 spiro atoms. The summed E-state index contributed by atoms with van der Waals surface area (Å²) < 4.78 is 5.58. The smallest absolute Gasteiger partial charge is 0.221 e. The topological polar surface area (TPSA) is 88.2 Å². The average Bonchev–Trinajstić information content (AvgIpc) is 3.68. The number of anilines is 2. The van der Waals surface area contributed by atoms with Gasteiger partial charge in [-0.15, -0.1) is 0 Å². The summed E-state index contributed by atoms with van der Waals surface area (Å²) in [6.45, 7) is 8.85. The highest BCUT2D eigenvalue weighted by molar-refractivity contribution is 7.99. The van der Waals surface area contributed by atoms with Crippen molar-refractivity contribution in [3.05, 3.63) is 66.5 Å². The zero-order valence-electron chi connectivity index (χ0n) is 20.4. The van der Waals surface area contributed by atoms with E-state index in [0.29, 0.717) is 22.6 Å². The second kappa shape index (κ2) is 11.3. The van der Waals surface area contributed by atoms with E-state index in [9.17, 15) is 4.79 Å². The van der Waals surface area contributed by atoms with Crippen molar-refractivity contribution in [1.82, 2.24) is 15.3 Å². The number of fused-ring (bicyclic) bond motifs is 1. The fourth-order valence-electron chi connectivity index (χ4n) is 3.68. The van der Waals surface area contributed by atoms with Gasteiger partial charge in [0.15, 0.2) is 5.16 Å². The minimum atomic E-state index is -0.102. The summed E-state index contributed by atoms with van der Waals surface area (Å²) in [7, 11) is 1.64. The van der Waals surface area contributed by atoms with Gasteiger partial charge in [0.1, 0.15) is 17.1 Å². The van der Waals surface area contributed by atoms with Gasteiger partial charge >= 0.3 is 0 Å². The zero-order chi connectivity index (χ0) is 24.8. The number of ether oxygens (including phenoxy) is 1. The van der Waals surface area contributed by atoms with E-state index in [0.717, 1.165) is 40.1 Å². The molecule has 0 aliphatic heterocycles. The Morgan fingerprint density at radius 2 is 1.94 bits per heavy atom. The molecule has 1 fully saturated rings. The van der Waals surface area contributed by atoms with E-state index < -0.39 is 0 Å². The molecule has 1 amide bonds. The first-order valence-electron chi connectivity index (χ1n) is 11.8. The number of methoxy groups -OCH3 is 1. The largest absolute Gasteiger partial charge is 0.494 e. The number of hydrogen-bond donors (Lipinski definition) is 3. The number of benzene rings is 2. The predicted molar refractivity (Wildman–Crippen MR) is 143 cm³/mol. The number of nitrogens with zero attached hydrogens (tertiary/aromatic N) is 2. The molecule has 1 saturated carbocycles. The number of hydrogen-bond acceptors (Lipinski definition) is 7. The van der Waals surface area contributed by atoms with Crippen LogP contribution in [0.1, 0.15) is 33.1 Å². The Bertz CT molecular complexity index is 1250. The lowest BCUT2D eigenvalue weighted by molar-refractivity contribution is -0.114. The third-order valence-electron chi connectivity index (χ3n) is 5.48. The molecule has 1 aromatic heterocycles. The lowest BCUT2D eigenvalue weighted by Crippen LogP contribution is -2.16. The molecule has 3 N–H and O–H groups in total. The Morgan fingerprint density at radius 1 is 1.17 bits per heavy atom. The second-order valence-corrected chi connectivity index (χ2v) is 9.51. The van der Waals surface area contributed by atoms with E-state index in [-0.39, 0.29) is 5.91 Å². The van der Waals surface area contributed by atoms with Gasteiger partial charge in [-0.3, -0.25) is 4.79 Å². The summed E-state index contributed by atoms with van der Waals surface area (Å²) in [6.07, 6.45) is 5.59. The molecule has 35 heavy (non-hydrogen) atoms. The highest BCUT2D eigenvalue weighted by Gasteiger charge is 2.26. The van der Waals surface area contributed by atoms with Crippen LogP contribution < -0.4 is 20.7 Å². The van der Waals surface area contributed by atoms with E-state index in [1.165, 1.54) is 37.2 Å². The van der Waals surface area contributed by atoms with Gasteiger partial charge in [-0.1, -0.05) is 19.6 Å². The average molecular weight is 490 g/mol.